The Morgan fingerprint density at radius 1 is 1.65 bits per heavy atom. The van der Waals surface area contributed by atoms with Gasteiger partial charge in [-0.15, -0.1) is 0 Å². The molecule has 1 aromatic rings. The number of hydrogen-bond acceptors (Lipinski definition) is 4. The van der Waals surface area contributed by atoms with Gasteiger partial charge in [0.2, 0.25) is 5.91 Å². The maximum atomic E-state index is 12.0. The van der Waals surface area contributed by atoms with Crippen molar-refractivity contribution >= 4 is 35.0 Å². The number of amides is 1. The van der Waals surface area contributed by atoms with Crippen molar-refractivity contribution in [2.45, 2.75) is 13.0 Å². The molecule has 6 heteroatoms. The average molecular weight is 272 g/mol. The molecule has 0 saturated carbocycles. The molecule has 0 radical (unpaired) electrons. The first-order chi connectivity index (χ1) is 8.16. The number of hydrogen-bond donors (Lipinski definition) is 2. The summed E-state index contributed by atoms with van der Waals surface area (Å²) < 4.78 is 0. The summed E-state index contributed by atoms with van der Waals surface area (Å²) in [7, 11) is 0. The highest BCUT2D eigenvalue weighted by Crippen LogP contribution is 2.17. The minimum absolute atomic E-state index is 0.00979. The monoisotopic (exact) mass is 271 g/mol. The molecular weight excluding hydrogens is 258 g/mol. The summed E-state index contributed by atoms with van der Waals surface area (Å²) in [5, 5.41) is 6.50. The van der Waals surface area contributed by atoms with Gasteiger partial charge in [0.05, 0.1) is 17.4 Å². The van der Waals surface area contributed by atoms with Crippen LogP contribution in [0.5, 0.6) is 0 Å². The summed E-state index contributed by atoms with van der Waals surface area (Å²) in [5.74, 6) is 1.86. The van der Waals surface area contributed by atoms with Gasteiger partial charge < -0.3 is 10.6 Å². The van der Waals surface area contributed by atoms with E-state index in [0.29, 0.717) is 5.15 Å². The van der Waals surface area contributed by atoms with Crippen LogP contribution < -0.4 is 10.6 Å². The van der Waals surface area contributed by atoms with Gasteiger partial charge in [-0.25, -0.2) is 4.98 Å². The second kappa shape index (κ2) is 5.71. The van der Waals surface area contributed by atoms with Gasteiger partial charge in [0.15, 0.2) is 0 Å². The molecule has 0 aliphatic carbocycles. The van der Waals surface area contributed by atoms with Crippen LogP contribution in [0, 0.1) is 6.92 Å². The van der Waals surface area contributed by atoms with E-state index in [9.17, 15) is 4.79 Å². The van der Waals surface area contributed by atoms with E-state index in [2.05, 4.69) is 15.6 Å². The van der Waals surface area contributed by atoms with Crippen LogP contribution in [0.4, 0.5) is 5.69 Å². The van der Waals surface area contributed by atoms with Gasteiger partial charge in [-0.3, -0.25) is 4.79 Å². The maximum Gasteiger partial charge on any atom is 0.242 e. The Kier molecular flexibility index (Phi) is 4.25. The molecule has 1 saturated heterocycles. The first kappa shape index (κ1) is 12.7. The molecule has 0 aromatic carbocycles. The lowest BCUT2D eigenvalue weighted by molar-refractivity contribution is -0.117. The summed E-state index contributed by atoms with van der Waals surface area (Å²) in [5.41, 5.74) is 1.45. The fourth-order valence-corrected chi connectivity index (χ4v) is 2.74. The third-order valence-electron chi connectivity index (χ3n) is 2.55. The Morgan fingerprint density at radius 3 is 3.12 bits per heavy atom. The second-order valence-corrected chi connectivity index (χ2v) is 5.37. The fourth-order valence-electron chi connectivity index (χ4n) is 1.62. The molecule has 1 amide bonds. The third-order valence-corrected chi connectivity index (χ3v) is 3.82. The molecule has 0 spiro atoms. The summed E-state index contributed by atoms with van der Waals surface area (Å²) in [6.07, 6.45) is 0. The van der Waals surface area contributed by atoms with Crippen molar-refractivity contribution in [2.24, 2.45) is 0 Å². The average Bonchev–Trinajstić information content (AvgIpc) is 2.34. The van der Waals surface area contributed by atoms with Gasteiger partial charge in [0, 0.05) is 18.1 Å². The Balaban J connectivity index is 2.02. The maximum absolute atomic E-state index is 12.0. The summed E-state index contributed by atoms with van der Waals surface area (Å²) in [4.78, 5) is 16.1. The van der Waals surface area contributed by atoms with E-state index in [4.69, 9.17) is 11.6 Å². The van der Waals surface area contributed by atoms with Crippen molar-refractivity contribution in [1.82, 2.24) is 10.3 Å². The highest BCUT2D eigenvalue weighted by molar-refractivity contribution is 7.99. The minimum atomic E-state index is -0.121. The predicted molar refractivity (Wildman–Crippen MR) is 71.7 cm³/mol. The standard InChI is InChI=1S/C11H14ClN3OS/c1-7-8(2-3-10(12)14-7)15-11(16)9-6-17-5-4-13-9/h2-3,9,13H,4-6H2,1H3,(H,15,16). The number of nitrogens with zero attached hydrogens (tertiary/aromatic N) is 1. The van der Waals surface area contributed by atoms with Gasteiger partial charge in [-0.05, 0) is 19.1 Å². The van der Waals surface area contributed by atoms with Crippen molar-refractivity contribution in [1.29, 1.82) is 0 Å². The number of anilines is 1. The van der Waals surface area contributed by atoms with Crippen LogP contribution in [0.15, 0.2) is 12.1 Å². The Morgan fingerprint density at radius 2 is 2.47 bits per heavy atom. The van der Waals surface area contributed by atoms with Crippen LogP contribution in [0.25, 0.3) is 0 Å². The van der Waals surface area contributed by atoms with Crippen LogP contribution in [0.3, 0.4) is 0 Å². The lowest BCUT2D eigenvalue weighted by atomic mass is 10.2. The molecule has 1 atom stereocenters. The van der Waals surface area contributed by atoms with Gasteiger partial charge in [0.1, 0.15) is 5.15 Å². The molecule has 2 N–H and O–H groups in total. The zero-order valence-electron chi connectivity index (χ0n) is 9.50. The topological polar surface area (TPSA) is 54.0 Å². The van der Waals surface area contributed by atoms with Gasteiger partial charge >= 0.3 is 0 Å². The van der Waals surface area contributed by atoms with Gasteiger partial charge in [-0.2, -0.15) is 11.8 Å². The predicted octanol–water partition coefficient (Wildman–Crippen LogP) is 1.69. The quantitative estimate of drug-likeness (QED) is 0.804. The van der Waals surface area contributed by atoms with E-state index < -0.39 is 0 Å². The molecule has 0 bridgehead atoms. The molecule has 4 nitrogen and oxygen atoms in total. The lowest BCUT2D eigenvalue weighted by Crippen LogP contribution is -2.46. The molecule has 2 heterocycles. The SMILES string of the molecule is Cc1nc(Cl)ccc1NC(=O)C1CSCCN1. The fraction of sp³-hybridized carbons (Fsp3) is 0.455. The number of nitrogens with one attached hydrogen (secondary N) is 2. The molecule has 1 unspecified atom stereocenters. The second-order valence-electron chi connectivity index (χ2n) is 3.84. The van der Waals surface area contributed by atoms with Crippen molar-refractivity contribution < 1.29 is 4.79 Å². The molecular formula is C11H14ClN3OS. The lowest BCUT2D eigenvalue weighted by Gasteiger charge is -2.22. The van der Waals surface area contributed by atoms with Crippen LogP contribution in [-0.4, -0.2) is 35.0 Å². The molecule has 92 valence electrons. The molecule has 1 aromatic heterocycles. The van der Waals surface area contributed by atoms with E-state index in [0.717, 1.165) is 29.4 Å². The Hall–Kier alpha value is -0.780. The number of aromatic nitrogens is 1. The Bertz CT molecular complexity index is 421. The first-order valence-electron chi connectivity index (χ1n) is 5.42. The smallest absolute Gasteiger partial charge is 0.242 e. The van der Waals surface area contributed by atoms with E-state index in [-0.39, 0.29) is 11.9 Å². The van der Waals surface area contributed by atoms with Crippen molar-refractivity contribution in [3.05, 3.63) is 23.0 Å². The molecule has 17 heavy (non-hydrogen) atoms. The summed E-state index contributed by atoms with van der Waals surface area (Å²) in [6, 6.07) is 3.33. The number of rotatable bonds is 2. The zero-order chi connectivity index (χ0) is 12.3. The minimum Gasteiger partial charge on any atom is -0.323 e. The number of pyridine rings is 1. The normalized spacial score (nSPS) is 20.0. The van der Waals surface area contributed by atoms with Crippen molar-refractivity contribution in [2.75, 3.05) is 23.4 Å². The van der Waals surface area contributed by atoms with Gasteiger partial charge in [0.25, 0.3) is 0 Å². The van der Waals surface area contributed by atoms with Crippen LogP contribution in [-0.2, 0) is 4.79 Å². The summed E-state index contributed by atoms with van der Waals surface area (Å²) >= 11 is 7.55. The van der Waals surface area contributed by atoms with Crippen molar-refractivity contribution in [3.63, 3.8) is 0 Å². The molecule has 1 fully saturated rings. The van der Waals surface area contributed by atoms with E-state index in [1.165, 1.54) is 0 Å². The number of carbonyl (C=O) groups is 1. The molecule has 2 rings (SSSR count). The third kappa shape index (κ3) is 3.34. The van der Waals surface area contributed by atoms with Crippen LogP contribution >= 0.6 is 23.4 Å². The van der Waals surface area contributed by atoms with E-state index >= 15 is 0 Å². The van der Waals surface area contributed by atoms with Gasteiger partial charge in [-0.1, -0.05) is 11.6 Å². The molecule has 1 aliphatic heterocycles. The molecule has 1 aliphatic rings. The zero-order valence-corrected chi connectivity index (χ0v) is 11.1. The highest BCUT2D eigenvalue weighted by Gasteiger charge is 2.21. The Labute approximate surface area is 110 Å². The van der Waals surface area contributed by atoms with Crippen molar-refractivity contribution in [3.8, 4) is 0 Å². The number of halogens is 1. The van der Waals surface area contributed by atoms with Crippen LogP contribution in [0.2, 0.25) is 5.15 Å². The van der Waals surface area contributed by atoms with E-state index in [1.807, 2.05) is 6.92 Å². The highest BCUT2D eigenvalue weighted by atomic mass is 35.5. The number of carbonyl (C=O) groups excluding carboxylic acids is 1. The van der Waals surface area contributed by atoms with Crippen LogP contribution in [0.1, 0.15) is 5.69 Å². The summed E-state index contributed by atoms with van der Waals surface area (Å²) in [6.45, 7) is 2.70. The number of aryl methyl sites for hydroxylation is 1. The first-order valence-corrected chi connectivity index (χ1v) is 6.95. The largest absolute Gasteiger partial charge is 0.323 e. The van der Waals surface area contributed by atoms with E-state index in [1.54, 1.807) is 23.9 Å². The number of thioether (sulfide) groups is 1.